The Morgan fingerprint density at radius 3 is 1.33 bits per heavy atom. The predicted molar refractivity (Wildman–Crippen MR) is 259 cm³/mol. The molecule has 0 heteroatoms. The molecule has 0 saturated carbocycles. The van der Waals surface area contributed by atoms with E-state index in [9.17, 15) is 0 Å². The summed E-state index contributed by atoms with van der Waals surface area (Å²) in [6.45, 7) is 0. The predicted octanol–water partition coefficient (Wildman–Crippen LogP) is 16.3. The first kappa shape index (κ1) is 33.1. The van der Waals surface area contributed by atoms with Crippen molar-refractivity contribution in [1.29, 1.82) is 0 Å². The van der Waals surface area contributed by atoms with Crippen LogP contribution in [0, 0.1) is 0 Å². The zero-order chi connectivity index (χ0) is 39.8. The van der Waals surface area contributed by atoms with E-state index in [4.69, 9.17) is 0 Å². The molecule has 0 aliphatic heterocycles. The third-order valence-corrected chi connectivity index (χ3v) is 14.2. The molecule has 2 aliphatic carbocycles. The summed E-state index contributed by atoms with van der Waals surface area (Å²) in [5.41, 5.74) is 15.3. The summed E-state index contributed by atoms with van der Waals surface area (Å²) in [6, 6.07) is 82.4. The Labute approximate surface area is 353 Å². The van der Waals surface area contributed by atoms with E-state index in [1.54, 1.807) is 0 Å². The van der Waals surface area contributed by atoms with Crippen LogP contribution >= 0.6 is 0 Å². The number of hydrogen-bond donors (Lipinski definition) is 0. The Morgan fingerprint density at radius 1 is 0.230 bits per heavy atom. The molecule has 12 aromatic carbocycles. The lowest BCUT2D eigenvalue weighted by atomic mass is 9.68. The molecular formula is C61H36. The number of hydrogen-bond acceptors (Lipinski definition) is 0. The monoisotopic (exact) mass is 768 g/mol. The van der Waals surface area contributed by atoms with Gasteiger partial charge in [-0.2, -0.15) is 0 Å². The van der Waals surface area contributed by atoms with Gasteiger partial charge in [-0.1, -0.05) is 200 Å². The van der Waals surface area contributed by atoms with Gasteiger partial charge in [-0.3, -0.25) is 0 Å². The second-order valence-electron chi connectivity index (χ2n) is 17.0. The molecule has 0 aromatic heterocycles. The highest BCUT2D eigenvalue weighted by Crippen LogP contribution is 2.67. The van der Waals surface area contributed by atoms with Crippen molar-refractivity contribution in [2.45, 2.75) is 5.41 Å². The van der Waals surface area contributed by atoms with Crippen molar-refractivity contribution in [1.82, 2.24) is 0 Å². The summed E-state index contributed by atoms with van der Waals surface area (Å²) in [6.07, 6.45) is 0. The van der Waals surface area contributed by atoms with Crippen LogP contribution in [-0.2, 0) is 5.41 Å². The van der Waals surface area contributed by atoms with E-state index in [1.807, 2.05) is 0 Å². The Morgan fingerprint density at radius 2 is 0.672 bits per heavy atom. The molecular weight excluding hydrogens is 733 g/mol. The van der Waals surface area contributed by atoms with Gasteiger partial charge in [-0.15, -0.1) is 0 Å². The number of fused-ring (bicyclic) bond motifs is 23. The van der Waals surface area contributed by atoms with Crippen molar-refractivity contribution in [2.75, 3.05) is 0 Å². The van der Waals surface area contributed by atoms with Crippen LogP contribution in [0.5, 0.6) is 0 Å². The largest absolute Gasteiger partial charge is 0.0738 e. The molecule has 61 heavy (non-hydrogen) atoms. The first-order chi connectivity index (χ1) is 30.3. The zero-order valence-corrected chi connectivity index (χ0v) is 33.3. The zero-order valence-electron chi connectivity index (χ0n) is 33.3. The molecule has 0 atom stereocenters. The highest BCUT2D eigenvalue weighted by molar-refractivity contribution is 6.27. The van der Waals surface area contributed by atoms with Gasteiger partial charge < -0.3 is 0 Å². The maximum atomic E-state index is 2.48. The van der Waals surface area contributed by atoms with Crippen LogP contribution < -0.4 is 0 Å². The fourth-order valence-electron chi connectivity index (χ4n) is 11.9. The first-order valence-electron chi connectivity index (χ1n) is 21.4. The summed E-state index contributed by atoms with van der Waals surface area (Å²) in [5, 5.41) is 15.6. The van der Waals surface area contributed by atoms with E-state index in [0.29, 0.717) is 0 Å². The van der Waals surface area contributed by atoms with Crippen molar-refractivity contribution in [3.05, 3.63) is 241 Å². The highest BCUT2D eigenvalue weighted by Gasteiger charge is 2.54. The van der Waals surface area contributed by atoms with Crippen LogP contribution in [0.3, 0.4) is 0 Å². The molecule has 14 rings (SSSR count). The fourth-order valence-corrected chi connectivity index (χ4v) is 11.9. The minimum atomic E-state index is -0.525. The van der Waals surface area contributed by atoms with E-state index < -0.39 is 5.41 Å². The van der Waals surface area contributed by atoms with Crippen molar-refractivity contribution in [2.24, 2.45) is 0 Å². The van der Waals surface area contributed by atoms with Crippen molar-refractivity contribution >= 4 is 64.6 Å². The van der Waals surface area contributed by atoms with Crippen LogP contribution in [0.2, 0.25) is 0 Å². The minimum absolute atomic E-state index is 0.525. The SMILES string of the molecule is c1cc(-c2ccc3c4c(c5ccccc5c3c2)-c2c(c3ccccc3c3ccccc23)C42c3ccccc3-c3ccccc32)cc(-c2cc3ccccc3c3ccccc23)c1. The molecule has 0 amide bonds. The molecule has 12 aromatic rings. The van der Waals surface area contributed by atoms with E-state index >= 15 is 0 Å². The molecule has 2 aliphatic rings. The lowest BCUT2D eigenvalue weighted by molar-refractivity contribution is 0.810. The average molecular weight is 769 g/mol. The van der Waals surface area contributed by atoms with Crippen molar-refractivity contribution < 1.29 is 0 Å². The fraction of sp³-hybridized carbons (Fsp3) is 0.0164. The average Bonchev–Trinajstić information content (AvgIpc) is 3.82. The van der Waals surface area contributed by atoms with Crippen molar-refractivity contribution in [3.63, 3.8) is 0 Å². The van der Waals surface area contributed by atoms with Crippen molar-refractivity contribution in [3.8, 4) is 44.5 Å². The Bertz CT molecular complexity index is 3840. The minimum Gasteiger partial charge on any atom is -0.0619 e. The smallest absolute Gasteiger partial charge is 0.0619 e. The highest BCUT2D eigenvalue weighted by atomic mass is 14.5. The lowest BCUT2D eigenvalue weighted by Crippen LogP contribution is -2.26. The first-order valence-corrected chi connectivity index (χ1v) is 21.4. The van der Waals surface area contributed by atoms with Gasteiger partial charge in [0.25, 0.3) is 0 Å². The molecule has 280 valence electrons. The van der Waals surface area contributed by atoms with Gasteiger partial charge in [0.1, 0.15) is 0 Å². The summed E-state index contributed by atoms with van der Waals surface area (Å²) < 4.78 is 0. The topological polar surface area (TPSA) is 0 Å². The van der Waals surface area contributed by atoms with Crippen LogP contribution in [0.25, 0.3) is 109 Å². The number of rotatable bonds is 2. The maximum absolute atomic E-state index is 2.48. The second-order valence-corrected chi connectivity index (χ2v) is 17.0. The van der Waals surface area contributed by atoms with E-state index in [0.717, 1.165) is 0 Å². The van der Waals surface area contributed by atoms with Crippen LogP contribution in [0.15, 0.2) is 218 Å². The Kier molecular flexibility index (Phi) is 6.58. The second kappa shape index (κ2) is 12.1. The molecule has 0 bridgehead atoms. The molecule has 1 spiro atoms. The van der Waals surface area contributed by atoms with E-state index in [1.165, 1.54) is 131 Å². The van der Waals surface area contributed by atoms with Gasteiger partial charge in [-0.05, 0) is 150 Å². The van der Waals surface area contributed by atoms with Gasteiger partial charge >= 0.3 is 0 Å². The van der Waals surface area contributed by atoms with E-state index in [-0.39, 0.29) is 0 Å². The summed E-state index contributed by atoms with van der Waals surface area (Å²) in [7, 11) is 0. The lowest BCUT2D eigenvalue weighted by Gasteiger charge is -2.33. The molecule has 0 saturated heterocycles. The Balaban J connectivity index is 1.10. The maximum Gasteiger partial charge on any atom is 0.0738 e. The quantitative estimate of drug-likeness (QED) is 0.154. The summed E-state index contributed by atoms with van der Waals surface area (Å²) in [5.74, 6) is 0. The molecule has 0 unspecified atom stereocenters. The van der Waals surface area contributed by atoms with Crippen LogP contribution in [0.4, 0.5) is 0 Å². The number of benzene rings is 12. The standard InChI is InChI=1S/C61H36/c1-2-19-41-40(16-1)36-53(45-23-4-3-20-42(41)45)39-18-15-17-37(34-39)38-32-33-52-54(35-38)46-24-6-9-28-50(46)58-57-49-27-8-5-21-43(49)44-22-7-10-29-51(44)59(57)61(60(52)58)55-30-13-11-25-47(55)48-26-12-14-31-56(48)61/h1-36H. The summed E-state index contributed by atoms with van der Waals surface area (Å²) >= 11 is 0. The third kappa shape index (κ3) is 4.24. The van der Waals surface area contributed by atoms with Gasteiger partial charge in [0.2, 0.25) is 0 Å². The van der Waals surface area contributed by atoms with Crippen LogP contribution in [0.1, 0.15) is 22.3 Å². The normalized spacial score (nSPS) is 13.4. The van der Waals surface area contributed by atoms with Gasteiger partial charge in [0, 0.05) is 0 Å². The molecule has 0 N–H and O–H groups in total. The van der Waals surface area contributed by atoms with Crippen LogP contribution in [-0.4, -0.2) is 0 Å². The van der Waals surface area contributed by atoms with Gasteiger partial charge in [0.05, 0.1) is 5.41 Å². The third-order valence-electron chi connectivity index (χ3n) is 14.2. The molecule has 0 heterocycles. The molecule has 0 radical (unpaired) electrons. The molecule has 0 nitrogen and oxygen atoms in total. The van der Waals surface area contributed by atoms with Gasteiger partial charge in [-0.25, -0.2) is 0 Å². The Hall–Kier alpha value is -7.80. The van der Waals surface area contributed by atoms with Gasteiger partial charge in [0.15, 0.2) is 0 Å². The van der Waals surface area contributed by atoms with E-state index in [2.05, 4.69) is 218 Å². The summed E-state index contributed by atoms with van der Waals surface area (Å²) in [4.78, 5) is 0. The molecule has 0 fully saturated rings.